The van der Waals surface area contributed by atoms with Crippen LogP contribution in [0.2, 0.25) is 0 Å². The predicted octanol–water partition coefficient (Wildman–Crippen LogP) is 2.27. The van der Waals surface area contributed by atoms with Crippen molar-refractivity contribution in [2.45, 2.75) is 43.4 Å². The van der Waals surface area contributed by atoms with Crippen LogP contribution in [0.5, 0.6) is 0 Å². The molecule has 7 heteroatoms. The Morgan fingerprint density at radius 3 is 2.73 bits per heavy atom. The van der Waals surface area contributed by atoms with Gasteiger partial charge in [0.05, 0.1) is 17.7 Å². The Labute approximate surface area is 152 Å². The molecule has 1 amide bonds. The number of nitrogens with one attached hydrogen (secondary N) is 1. The van der Waals surface area contributed by atoms with Gasteiger partial charge in [0.2, 0.25) is 0 Å². The Hall–Kier alpha value is -2.25. The average Bonchev–Trinajstić information content (AvgIpc) is 3.35. The summed E-state index contributed by atoms with van der Waals surface area (Å²) in [6, 6.07) is 7.55. The van der Waals surface area contributed by atoms with E-state index in [9.17, 15) is 4.79 Å². The molecule has 0 bridgehead atoms. The molecule has 0 radical (unpaired) electrons. The largest absolute Gasteiger partial charge is 0.381 e. The molecule has 2 unspecified atom stereocenters. The van der Waals surface area contributed by atoms with Gasteiger partial charge in [0.15, 0.2) is 5.82 Å². The van der Waals surface area contributed by atoms with Crippen molar-refractivity contribution in [2.75, 3.05) is 20.8 Å². The summed E-state index contributed by atoms with van der Waals surface area (Å²) < 4.78 is 11.5. The Bertz CT molecular complexity index is 762. The van der Waals surface area contributed by atoms with E-state index in [0.717, 1.165) is 37.8 Å². The summed E-state index contributed by atoms with van der Waals surface area (Å²) in [5, 5.41) is 6.69. The van der Waals surface area contributed by atoms with Crippen LogP contribution in [-0.4, -0.2) is 64.5 Å². The summed E-state index contributed by atoms with van der Waals surface area (Å²) >= 11 is 0. The summed E-state index contributed by atoms with van der Waals surface area (Å²) in [5.41, 5.74) is 1.35. The van der Waals surface area contributed by atoms with Gasteiger partial charge < -0.3 is 14.4 Å². The molecule has 1 saturated carbocycles. The number of aromatic nitrogens is 3. The molecule has 1 N–H and O–H groups in total. The van der Waals surface area contributed by atoms with Gasteiger partial charge in [-0.3, -0.25) is 9.89 Å². The number of fused-ring (bicyclic) bond motifs is 1. The van der Waals surface area contributed by atoms with Gasteiger partial charge in [-0.1, -0.05) is 12.1 Å². The van der Waals surface area contributed by atoms with E-state index in [0.29, 0.717) is 11.4 Å². The highest BCUT2D eigenvalue weighted by atomic mass is 16.5. The minimum absolute atomic E-state index is 0.0507. The maximum absolute atomic E-state index is 13.1. The van der Waals surface area contributed by atoms with E-state index in [1.54, 1.807) is 14.2 Å². The lowest BCUT2D eigenvalue weighted by Crippen LogP contribution is -2.53. The molecular formula is C19H24N4O3. The van der Waals surface area contributed by atoms with Gasteiger partial charge in [-0.2, -0.15) is 5.10 Å². The normalized spacial score (nSPS) is 28.2. The number of hydrogen-bond donors (Lipinski definition) is 1. The Balaban J connectivity index is 1.55. The van der Waals surface area contributed by atoms with Crippen molar-refractivity contribution in [3.63, 3.8) is 0 Å². The molecule has 7 nitrogen and oxygen atoms in total. The van der Waals surface area contributed by atoms with Crippen molar-refractivity contribution >= 4 is 5.91 Å². The van der Waals surface area contributed by atoms with Crippen molar-refractivity contribution in [1.82, 2.24) is 20.1 Å². The number of methoxy groups -OCH3 is 2. The van der Waals surface area contributed by atoms with Crippen molar-refractivity contribution in [1.29, 1.82) is 0 Å². The highest BCUT2D eigenvalue weighted by molar-refractivity contribution is 5.95. The number of amides is 1. The maximum atomic E-state index is 13.1. The van der Waals surface area contributed by atoms with E-state index in [4.69, 9.17) is 9.47 Å². The molecule has 2 heterocycles. The zero-order chi connectivity index (χ0) is 18.1. The monoisotopic (exact) mass is 356 g/mol. The summed E-state index contributed by atoms with van der Waals surface area (Å²) in [7, 11) is 3.51. The summed E-state index contributed by atoms with van der Waals surface area (Å²) in [5.74, 6) is 0.744. The molecule has 0 spiro atoms. The highest BCUT2D eigenvalue weighted by Gasteiger charge is 2.52. The standard InChI is InChI=1S/C19H24N4O3/c1-25-15-7-8-19(26-2)9-10-23(16(19)11-15)18(24)14-5-3-13(4-6-14)17-20-12-21-22-17/h3-6,12,15-16H,7-11H2,1-2H3,(H,20,21,22)/t15?,16?,19-/m1/s1. The minimum atomic E-state index is -0.232. The molecule has 1 aliphatic carbocycles. The molecule has 3 atom stereocenters. The molecule has 2 aromatic rings. The van der Waals surface area contributed by atoms with Gasteiger partial charge >= 0.3 is 0 Å². The van der Waals surface area contributed by atoms with Gasteiger partial charge in [-0.25, -0.2) is 4.98 Å². The fraction of sp³-hybridized carbons (Fsp3) is 0.526. The molecule has 138 valence electrons. The van der Waals surface area contributed by atoms with Crippen molar-refractivity contribution in [2.24, 2.45) is 0 Å². The number of likely N-dealkylation sites (tertiary alicyclic amines) is 1. The lowest BCUT2D eigenvalue weighted by Gasteiger charge is -2.43. The highest BCUT2D eigenvalue weighted by Crippen LogP contribution is 2.43. The van der Waals surface area contributed by atoms with Crippen molar-refractivity contribution in [3.05, 3.63) is 36.2 Å². The molecule has 1 aromatic carbocycles. The van der Waals surface area contributed by atoms with Gasteiger partial charge in [0.25, 0.3) is 5.91 Å². The molecule has 4 rings (SSSR count). The van der Waals surface area contributed by atoms with Gasteiger partial charge in [0.1, 0.15) is 6.33 Å². The van der Waals surface area contributed by atoms with Crippen LogP contribution >= 0.6 is 0 Å². The third kappa shape index (κ3) is 2.81. The number of aromatic amines is 1. The lowest BCUT2D eigenvalue weighted by atomic mass is 9.79. The molecule has 1 aromatic heterocycles. The third-order valence-corrected chi connectivity index (χ3v) is 5.96. The van der Waals surface area contributed by atoms with Crippen LogP contribution in [0.1, 0.15) is 36.0 Å². The molecule has 2 aliphatic rings. The van der Waals surface area contributed by atoms with Crippen LogP contribution in [0, 0.1) is 0 Å². The number of benzene rings is 1. The number of nitrogens with zero attached hydrogens (tertiary/aromatic N) is 3. The molecule has 26 heavy (non-hydrogen) atoms. The van der Waals surface area contributed by atoms with Gasteiger partial charge in [0, 0.05) is 31.9 Å². The number of hydrogen-bond acceptors (Lipinski definition) is 5. The van der Waals surface area contributed by atoms with Crippen molar-refractivity contribution < 1.29 is 14.3 Å². The maximum Gasteiger partial charge on any atom is 0.254 e. The summed E-state index contributed by atoms with van der Waals surface area (Å²) in [4.78, 5) is 19.3. The fourth-order valence-electron chi connectivity index (χ4n) is 4.40. The molecule has 1 aliphatic heterocycles. The van der Waals surface area contributed by atoms with E-state index >= 15 is 0 Å². The second kappa shape index (κ2) is 6.81. The molecular weight excluding hydrogens is 332 g/mol. The Morgan fingerprint density at radius 2 is 2.08 bits per heavy atom. The number of carbonyl (C=O) groups is 1. The van der Waals surface area contributed by atoms with Crippen LogP contribution in [0.25, 0.3) is 11.4 Å². The Morgan fingerprint density at radius 1 is 1.27 bits per heavy atom. The second-order valence-electron chi connectivity index (χ2n) is 7.08. The van der Waals surface area contributed by atoms with Crippen LogP contribution in [0.3, 0.4) is 0 Å². The predicted molar refractivity (Wildman–Crippen MR) is 95.6 cm³/mol. The zero-order valence-electron chi connectivity index (χ0n) is 15.1. The topological polar surface area (TPSA) is 80.3 Å². The first-order chi connectivity index (χ1) is 12.7. The smallest absolute Gasteiger partial charge is 0.254 e. The SMILES string of the molecule is COC1CC[C@@]2(OC)CCN(C(=O)c3ccc(-c4ncn[nH]4)cc3)C2C1. The number of carbonyl (C=O) groups excluding carboxylic acids is 1. The van der Waals surface area contributed by atoms with Crippen LogP contribution in [0.15, 0.2) is 30.6 Å². The van der Waals surface area contributed by atoms with Crippen LogP contribution in [-0.2, 0) is 9.47 Å². The zero-order valence-corrected chi connectivity index (χ0v) is 15.1. The lowest BCUT2D eigenvalue weighted by molar-refractivity contribution is -0.0893. The first kappa shape index (κ1) is 17.2. The number of ether oxygens (including phenoxy) is 2. The van der Waals surface area contributed by atoms with Crippen LogP contribution in [0.4, 0.5) is 0 Å². The number of rotatable bonds is 4. The van der Waals surface area contributed by atoms with Crippen molar-refractivity contribution in [3.8, 4) is 11.4 Å². The number of H-pyrrole nitrogens is 1. The second-order valence-corrected chi connectivity index (χ2v) is 7.08. The third-order valence-electron chi connectivity index (χ3n) is 5.96. The van der Waals surface area contributed by atoms with E-state index in [1.165, 1.54) is 6.33 Å². The molecule has 1 saturated heterocycles. The Kier molecular flexibility index (Phi) is 4.50. The molecule has 2 fully saturated rings. The fourth-order valence-corrected chi connectivity index (χ4v) is 4.40. The van der Waals surface area contributed by atoms with E-state index in [-0.39, 0.29) is 23.7 Å². The van der Waals surface area contributed by atoms with Gasteiger partial charge in [-0.15, -0.1) is 0 Å². The first-order valence-corrected chi connectivity index (χ1v) is 9.01. The first-order valence-electron chi connectivity index (χ1n) is 9.01. The quantitative estimate of drug-likeness (QED) is 0.909. The van der Waals surface area contributed by atoms with Gasteiger partial charge in [-0.05, 0) is 37.8 Å². The van der Waals surface area contributed by atoms with E-state index in [2.05, 4.69) is 15.2 Å². The van der Waals surface area contributed by atoms with Crippen LogP contribution < -0.4 is 0 Å². The van der Waals surface area contributed by atoms with E-state index in [1.807, 2.05) is 29.2 Å². The van der Waals surface area contributed by atoms with E-state index < -0.39 is 0 Å². The minimum Gasteiger partial charge on any atom is -0.381 e. The average molecular weight is 356 g/mol. The summed E-state index contributed by atoms with van der Waals surface area (Å²) in [6.07, 6.45) is 5.28. The summed E-state index contributed by atoms with van der Waals surface area (Å²) in [6.45, 7) is 0.720.